The monoisotopic (exact) mass is 417 g/mol. The standard InChI is InChI=1S/C20H17NO2.C2HF3O2/c21-14-15-9-11-17(12-10-15)20(22)23-19-8-4-7-18(13-19)16-5-2-1-3-6-16;3-2(4,5)1(6)7/h1-13H,14,21H2;(H,6,7). The smallest absolute Gasteiger partial charge is 0.475 e. The highest BCUT2D eigenvalue weighted by atomic mass is 19.4. The number of carbonyl (C=O) groups excluding carboxylic acids is 1. The van der Waals surface area contributed by atoms with Gasteiger partial charge in [-0.2, -0.15) is 13.2 Å². The van der Waals surface area contributed by atoms with Crippen molar-refractivity contribution in [2.75, 3.05) is 0 Å². The van der Waals surface area contributed by atoms with E-state index >= 15 is 0 Å². The third kappa shape index (κ3) is 6.75. The molecule has 30 heavy (non-hydrogen) atoms. The number of nitrogens with two attached hydrogens (primary N) is 1. The van der Waals surface area contributed by atoms with Gasteiger partial charge < -0.3 is 15.6 Å². The van der Waals surface area contributed by atoms with Crippen molar-refractivity contribution in [2.45, 2.75) is 12.7 Å². The predicted octanol–water partition coefficient (Wildman–Crippen LogP) is 4.66. The molecule has 0 aliphatic rings. The van der Waals surface area contributed by atoms with E-state index in [9.17, 15) is 18.0 Å². The number of carboxylic acids is 1. The molecule has 3 N–H and O–H groups in total. The highest BCUT2D eigenvalue weighted by Crippen LogP contribution is 2.24. The fraction of sp³-hybridized carbons (Fsp3) is 0.0909. The number of hydrogen-bond acceptors (Lipinski definition) is 4. The molecular weight excluding hydrogens is 399 g/mol. The van der Waals surface area contributed by atoms with Crippen LogP contribution < -0.4 is 10.5 Å². The summed E-state index contributed by atoms with van der Waals surface area (Å²) in [6, 6.07) is 24.6. The molecule has 156 valence electrons. The Labute approximate surface area is 170 Å². The fourth-order valence-corrected chi connectivity index (χ4v) is 2.31. The zero-order valence-electron chi connectivity index (χ0n) is 15.6. The average molecular weight is 417 g/mol. The van der Waals surface area contributed by atoms with Crippen LogP contribution in [0.15, 0.2) is 78.9 Å². The zero-order chi connectivity index (χ0) is 22.1. The van der Waals surface area contributed by atoms with Gasteiger partial charge in [-0.25, -0.2) is 9.59 Å². The molecule has 0 aliphatic carbocycles. The van der Waals surface area contributed by atoms with E-state index in [4.69, 9.17) is 20.4 Å². The lowest BCUT2D eigenvalue weighted by molar-refractivity contribution is -0.192. The Morgan fingerprint density at radius 3 is 1.97 bits per heavy atom. The Kier molecular flexibility index (Phi) is 7.71. The molecule has 3 aromatic rings. The van der Waals surface area contributed by atoms with E-state index in [0.29, 0.717) is 17.9 Å². The Morgan fingerprint density at radius 2 is 1.43 bits per heavy atom. The molecule has 0 aliphatic heterocycles. The van der Waals surface area contributed by atoms with Crippen molar-refractivity contribution < 1.29 is 32.6 Å². The number of carbonyl (C=O) groups is 2. The van der Waals surface area contributed by atoms with Gasteiger partial charge in [-0.3, -0.25) is 0 Å². The highest BCUT2D eigenvalue weighted by molar-refractivity contribution is 5.91. The maximum atomic E-state index is 12.2. The minimum Gasteiger partial charge on any atom is -0.475 e. The molecule has 0 fully saturated rings. The molecule has 3 rings (SSSR count). The molecule has 8 heteroatoms. The van der Waals surface area contributed by atoms with Crippen molar-refractivity contribution in [3.63, 3.8) is 0 Å². The van der Waals surface area contributed by atoms with Crippen molar-refractivity contribution in [2.24, 2.45) is 5.73 Å². The lowest BCUT2D eigenvalue weighted by atomic mass is 10.1. The molecule has 0 amide bonds. The quantitative estimate of drug-likeness (QED) is 0.476. The number of esters is 1. The van der Waals surface area contributed by atoms with Gasteiger partial charge in [-0.15, -0.1) is 0 Å². The van der Waals surface area contributed by atoms with Crippen LogP contribution in [0.4, 0.5) is 13.2 Å². The second-order valence-electron chi connectivity index (χ2n) is 5.99. The molecule has 0 heterocycles. The first-order valence-electron chi connectivity index (χ1n) is 8.67. The van der Waals surface area contributed by atoms with Crippen molar-refractivity contribution in [1.29, 1.82) is 0 Å². The zero-order valence-corrected chi connectivity index (χ0v) is 15.6. The van der Waals surface area contributed by atoms with Crippen LogP contribution in [-0.4, -0.2) is 23.2 Å². The summed E-state index contributed by atoms with van der Waals surface area (Å²) in [7, 11) is 0. The first-order chi connectivity index (χ1) is 14.2. The summed E-state index contributed by atoms with van der Waals surface area (Å²) in [6.45, 7) is 0.453. The second kappa shape index (κ2) is 10.2. The average Bonchev–Trinajstić information content (AvgIpc) is 2.74. The Balaban J connectivity index is 0.000000396. The number of hydrogen-bond donors (Lipinski definition) is 2. The predicted molar refractivity (Wildman–Crippen MR) is 105 cm³/mol. The summed E-state index contributed by atoms with van der Waals surface area (Å²) in [5.41, 5.74) is 9.13. The van der Waals surface area contributed by atoms with Crippen LogP contribution in [0.3, 0.4) is 0 Å². The van der Waals surface area contributed by atoms with Crippen LogP contribution in [0.2, 0.25) is 0 Å². The van der Waals surface area contributed by atoms with Crippen LogP contribution in [0.25, 0.3) is 11.1 Å². The number of ether oxygens (including phenoxy) is 1. The van der Waals surface area contributed by atoms with E-state index in [1.165, 1.54) is 0 Å². The Morgan fingerprint density at radius 1 is 0.867 bits per heavy atom. The summed E-state index contributed by atoms with van der Waals surface area (Å²) in [5.74, 6) is -2.61. The van der Waals surface area contributed by atoms with Gasteiger partial charge in [0.1, 0.15) is 5.75 Å². The van der Waals surface area contributed by atoms with E-state index in [2.05, 4.69) is 0 Å². The first kappa shape index (κ1) is 22.6. The first-order valence-corrected chi connectivity index (χ1v) is 8.67. The topological polar surface area (TPSA) is 89.6 Å². The minimum atomic E-state index is -5.08. The van der Waals surface area contributed by atoms with Crippen molar-refractivity contribution in [3.05, 3.63) is 90.0 Å². The van der Waals surface area contributed by atoms with Gasteiger partial charge in [-0.05, 0) is 41.0 Å². The maximum Gasteiger partial charge on any atom is 0.490 e. The van der Waals surface area contributed by atoms with Crippen LogP contribution in [0, 0.1) is 0 Å². The van der Waals surface area contributed by atoms with Crippen molar-refractivity contribution >= 4 is 11.9 Å². The van der Waals surface area contributed by atoms with E-state index in [-0.39, 0.29) is 5.97 Å². The van der Waals surface area contributed by atoms with E-state index in [1.54, 1.807) is 18.2 Å². The molecule has 0 saturated heterocycles. The minimum absolute atomic E-state index is 0.376. The molecule has 5 nitrogen and oxygen atoms in total. The molecule has 0 atom stereocenters. The lowest BCUT2D eigenvalue weighted by Gasteiger charge is -2.07. The van der Waals surface area contributed by atoms with Gasteiger partial charge in [0.25, 0.3) is 0 Å². The molecule has 0 aromatic heterocycles. The highest BCUT2D eigenvalue weighted by Gasteiger charge is 2.38. The molecule has 0 bridgehead atoms. The van der Waals surface area contributed by atoms with E-state index in [0.717, 1.165) is 16.7 Å². The summed E-state index contributed by atoms with van der Waals surface area (Å²) in [6.07, 6.45) is -5.08. The summed E-state index contributed by atoms with van der Waals surface area (Å²) in [4.78, 5) is 21.1. The van der Waals surface area contributed by atoms with E-state index in [1.807, 2.05) is 60.7 Å². The van der Waals surface area contributed by atoms with Gasteiger partial charge in [-0.1, -0.05) is 54.6 Å². The van der Waals surface area contributed by atoms with Crippen LogP contribution >= 0.6 is 0 Å². The van der Waals surface area contributed by atoms with Crippen LogP contribution in [0.5, 0.6) is 5.75 Å². The van der Waals surface area contributed by atoms with Crippen molar-refractivity contribution in [3.8, 4) is 16.9 Å². The fourth-order valence-electron chi connectivity index (χ4n) is 2.31. The van der Waals surface area contributed by atoms with Gasteiger partial charge in [0.2, 0.25) is 0 Å². The molecule has 0 unspecified atom stereocenters. The number of alkyl halides is 3. The molecule has 0 saturated carbocycles. The number of aliphatic carboxylic acids is 1. The number of halogens is 3. The van der Waals surface area contributed by atoms with Crippen LogP contribution in [0.1, 0.15) is 15.9 Å². The molecule has 0 spiro atoms. The van der Waals surface area contributed by atoms with Gasteiger partial charge >= 0.3 is 18.1 Å². The molecule has 3 aromatic carbocycles. The summed E-state index contributed by atoms with van der Waals surface area (Å²) >= 11 is 0. The SMILES string of the molecule is NCc1ccc(C(=O)Oc2cccc(-c3ccccc3)c2)cc1.O=C(O)C(F)(F)F. The molecular formula is C22H18F3NO4. The Bertz CT molecular complexity index is 987. The number of benzene rings is 3. The maximum absolute atomic E-state index is 12.2. The van der Waals surface area contributed by atoms with Gasteiger partial charge in [0.05, 0.1) is 5.56 Å². The van der Waals surface area contributed by atoms with E-state index < -0.39 is 12.1 Å². The largest absolute Gasteiger partial charge is 0.490 e. The Hall–Kier alpha value is -3.65. The third-order valence-corrected chi connectivity index (χ3v) is 3.82. The summed E-state index contributed by atoms with van der Waals surface area (Å²) in [5, 5.41) is 7.12. The van der Waals surface area contributed by atoms with Crippen molar-refractivity contribution in [1.82, 2.24) is 0 Å². The molecule has 0 radical (unpaired) electrons. The summed E-state index contributed by atoms with van der Waals surface area (Å²) < 4.78 is 37.2. The lowest BCUT2D eigenvalue weighted by Crippen LogP contribution is -2.21. The van der Waals surface area contributed by atoms with Gasteiger partial charge in [0.15, 0.2) is 0 Å². The van der Waals surface area contributed by atoms with Crippen LogP contribution in [-0.2, 0) is 11.3 Å². The number of carboxylic acid groups (broad SMARTS) is 1. The third-order valence-electron chi connectivity index (χ3n) is 3.82. The second-order valence-corrected chi connectivity index (χ2v) is 5.99. The normalized spacial score (nSPS) is 10.5. The van der Waals surface area contributed by atoms with Gasteiger partial charge in [0, 0.05) is 6.54 Å². The number of rotatable bonds is 4.